The van der Waals surface area contributed by atoms with E-state index >= 15 is 0 Å². The molecule has 0 bridgehead atoms. The van der Waals surface area contributed by atoms with Crippen LogP contribution in [0, 0.1) is 0 Å². The van der Waals surface area contributed by atoms with Crippen molar-refractivity contribution in [1.82, 2.24) is 0 Å². The predicted octanol–water partition coefficient (Wildman–Crippen LogP) is -0.0624. The second-order valence-corrected chi connectivity index (χ2v) is 1.86. The molecule has 0 aromatic carbocycles. The van der Waals surface area contributed by atoms with Crippen LogP contribution in [0.15, 0.2) is 0 Å². The molecule has 0 saturated heterocycles. The van der Waals surface area contributed by atoms with Crippen LogP contribution in [-0.4, -0.2) is 24.5 Å². The normalized spacial score (nSPS) is 12.3. The Bertz CT molecular complexity index is 141. The van der Waals surface area contributed by atoms with E-state index in [-0.39, 0.29) is 0 Å². The van der Waals surface area contributed by atoms with Gasteiger partial charge in [-0.3, -0.25) is 9.59 Å². The number of ether oxygens (including phenoxy) is 1. The topological polar surface area (TPSA) is 63.3 Å². The first-order valence-corrected chi connectivity index (χ1v) is 2.86. The first kappa shape index (κ1) is 9.10. The van der Waals surface area contributed by atoms with Gasteiger partial charge >= 0.3 is 5.97 Å². The van der Waals surface area contributed by atoms with Crippen molar-refractivity contribution in [2.75, 3.05) is 6.61 Å². The molecular weight excluding hydrogens is 136 g/mol. The lowest BCUT2D eigenvalue weighted by Gasteiger charge is -2.06. The van der Waals surface area contributed by atoms with Gasteiger partial charge in [0.2, 0.25) is 5.78 Å². The lowest BCUT2D eigenvalue weighted by atomic mass is 10.3. The number of hydrogen-bond donors (Lipinski definition) is 0. The lowest BCUT2D eigenvalue weighted by Crippen LogP contribution is -2.24. The van der Waals surface area contributed by atoms with Gasteiger partial charge in [-0.15, -0.1) is 0 Å². The summed E-state index contributed by atoms with van der Waals surface area (Å²) in [5, 5.41) is 9.91. The third-order valence-corrected chi connectivity index (χ3v) is 0.938. The summed E-state index contributed by atoms with van der Waals surface area (Å²) in [4.78, 5) is 20.7. The number of carbonyl (C=O) groups excluding carboxylic acids is 2. The fraction of sp³-hybridized carbons (Fsp3) is 0.667. The fourth-order valence-electron chi connectivity index (χ4n) is 0.432. The van der Waals surface area contributed by atoms with Crippen molar-refractivity contribution < 1.29 is 19.4 Å². The summed E-state index contributed by atoms with van der Waals surface area (Å²) in [6, 6.07) is 0. The van der Waals surface area contributed by atoms with Gasteiger partial charge in [-0.1, -0.05) is 0 Å². The molecule has 4 heteroatoms. The van der Waals surface area contributed by atoms with Gasteiger partial charge in [0.15, 0.2) is 6.10 Å². The highest BCUT2D eigenvalue weighted by molar-refractivity contribution is 5.85. The van der Waals surface area contributed by atoms with Gasteiger partial charge in [0.1, 0.15) is 6.61 Å². The molecule has 0 rings (SSSR count). The van der Waals surface area contributed by atoms with Gasteiger partial charge in [0, 0.05) is 6.92 Å². The average molecular weight is 145 g/mol. The number of hydrogen-bond acceptors (Lipinski definition) is 3. The molecule has 10 heavy (non-hydrogen) atoms. The predicted molar refractivity (Wildman–Crippen MR) is 31.8 cm³/mol. The second-order valence-electron chi connectivity index (χ2n) is 1.86. The molecule has 0 aliphatic rings. The Morgan fingerprint density at radius 1 is 1.50 bits per heavy atom. The Hall–Kier alpha value is -0.900. The summed E-state index contributed by atoms with van der Waals surface area (Å²) < 4.78 is 4.41. The van der Waals surface area contributed by atoms with E-state index in [9.17, 15) is 14.7 Å². The van der Waals surface area contributed by atoms with Crippen molar-refractivity contribution in [1.29, 1.82) is 0 Å². The van der Waals surface area contributed by atoms with Crippen molar-refractivity contribution in [3.63, 3.8) is 0 Å². The first-order valence-electron chi connectivity index (χ1n) is 2.86. The van der Waals surface area contributed by atoms with E-state index in [0.717, 1.165) is 0 Å². The summed E-state index contributed by atoms with van der Waals surface area (Å²) in [7, 11) is 0. The van der Waals surface area contributed by atoms with E-state index in [1.807, 2.05) is 0 Å². The van der Waals surface area contributed by atoms with Crippen molar-refractivity contribution in [3.05, 3.63) is 0 Å². The lowest BCUT2D eigenvalue weighted by molar-refractivity contribution is -0.153. The van der Waals surface area contributed by atoms with Crippen molar-refractivity contribution in [2.45, 2.75) is 20.0 Å². The minimum atomic E-state index is -0.894. The molecule has 0 heterocycles. The summed E-state index contributed by atoms with van der Waals surface area (Å²) in [6.45, 7) is 1.73. The van der Waals surface area contributed by atoms with E-state index in [2.05, 4.69) is 4.74 Å². The highest BCUT2D eigenvalue weighted by Crippen LogP contribution is 1.92. The van der Waals surface area contributed by atoms with Gasteiger partial charge in [-0.25, -0.2) is 5.11 Å². The molecule has 0 saturated carbocycles. The summed E-state index contributed by atoms with van der Waals surface area (Å²) >= 11 is 0. The molecule has 0 spiro atoms. The molecule has 4 nitrogen and oxygen atoms in total. The van der Waals surface area contributed by atoms with Crippen LogP contribution in [0.3, 0.4) is 0 Å². The minimum Gasteiger partial charge on any atom is -0.455 e. The van der Waals surface area contributed by atoms with Gasteiger partial charge in [0.25, 0.3) is 0 Å². The van der Waals surface area contributed by atoms with Gasteiger partial charge < -0.3 is 4.74 Å². The summed E-state index contributed by atoms with van der Waals surface area (Å²) in [5.41, 5.74) is 0. The van der Waals surface area contributed by atoms with E-state index in [1.165, 1.54) is 13.8 Å². The van der Waals surface area contributed by atoms with Gasteiger partial charge in [0.05, 0.1) is 0 Å². The molecule has 0 aliphatic carbocycles. The van der Waals surface area contributed by atoms with E-state index in [0.29, 0.717) is 0 Å². The molecule has 1 atom stereocenters. The van der Waals surface area contributed by atoms with Crippen LogP contribution in [-0.2, 0) is 19.4 Å². The van der Waals surface area contributed by atoms with Gasteiger partial charge in [-0.05, 0) is 6.92 Å². The SMILES string of the molecule is CC(=O)OC(C)C(=O)C[O]. The average Bonchev–Trinajstić information content (AvgIpc) is 1.85. The van der Waals surface area contributed by atoms with Crippen molar-refractivity contribution in [2.24, 2.45) is 0 Å². The standard InChI is InChI=1S/C6H9O4/c1-4(6(9)3-7)10-5(2)8/h4H,3H2,1-2H3. The second kappa shape index (κ2) is 4.00. The Kier molecular flexibility index (Phi) is 3.64. The van der Waals surface area contributed by atoms with Crippen molar-refractivity contribution >= 4 is 11.8 Å². The zero-order chi connectivity index (χ0) is 8.15. The molecule has 0 aromatic heterocycles. The Morgan fingerprint density at radius 3 is 2.30 bits per heavy atom. The molecule has 0 aromatic rings. The molecule has 0 aliphatic heterocycles. The highest BCUT2D eigenvalue weighted by atomic mass is 16.5. The monoisotopic (exact) mass is 145 g/mol. The van der Waals surface area contributed by atoms with Crippen LogP contribution < -0.4 is 0 Å². The number of carbonyl (C=O) groups is 2. The van der Waals surface area contributed by atoms with Crippen LogP contribution in [0.5, 0.6) is 0 Å². The molecule has 0 amide bonds. The molecular formula is C6H9O4. The fourth-order valence-corrected chi connectivity index (χ4v) is 0.432. The third kappa shape index (κ3) is 3.19. The third-order valence-electron chi connectivity index (χ3n) is 0.938. The Morgan fingerprint density at radius 2 is 2.00 bits per heavy atom. The highest BCUT2D eigenvalue weighted by Gasteiger charge is 2.14. The Balaban J connectivity index is 3.72. The van der Waals surface area contributed by atoms with Crippen LogP contribution in [0.2, 0.25) is 0 Å². The summed E-state index contributed by atoms with van der Waals surface area (Å²) in [5.74, 6) is -1.15. The zero-order valence-corrected chi connectivity index (χ0v) is 5.92. The quantitative estimate of drug-likeness (QED) is 0.522. The molecule has 0 N–H and O–H groups in total. The van der Waals surface area contributed by atoms with E-state index in [1.54, 1.807) is 0 Å². The van der Waals surface area contributed by atoms with Crippen LogP contribution in [0.4, 0.5) is 0 Å². The number of esters is 1. The largest absolute Gasteiger partial charge is 0.455 e. The van der Waals surface area contributed by atoms with Crippen LogP contribution in [0.1, 0.15) is 13.8 Å². The number of Topliss-reactive ketones (excluding diaryl/α,β-unsaturated/α-hetero) is 1. The van der Waals surface area contributed by atoms with Gasteiger partial charge in [-0.2, -0.15) is 0 Å². The molecule has 57 valence electrons. The molecule has 1 unspecified atom stereocenters. The maximum Gasteiger partial charge on any atom is 0.303 e. The zero-order valence-electron chi connectivity index (χ0n) is 5.92. The molecule has 0 fully saturated rings. The maximum atomic E-state index is 10.5. The minimum absolute atomic E-state index is 0.547. The molecule has 1 radical (unpaired) electrons. The number of ketones is 1. The van der Waals surface area contributed by atoms with E-state index < -0.39 is 24.5 Å². The summed E-state index contributed by atoms with van der Waals surface area (Å²) in [6.07, 6.45) is -0.894. The number of rotatable bonds is 3. The smallest absolute Gasteiger partial charge is 0.303 e. The maximum absolute atomic E-state index is 10.5. The first-order chi connectivity index (χ1) is 4.57. The van der Waals surface area contributed by atoms with Crippen LogP contribution in [0.25, 0.3) is 0 Å². The Labute approximate surface area is 58.8 Å². The van der Waals surface area contributed by atoms with Crippen molar-refractivity contribution in [3.8, 4) is 0 Å². The van der Waals surface area contributed by atoms with Crippen LogP contribution >= 0.6 is 0 Å². The van der Waals surface area contributed by atoms with E-state index in [4.69, 9.17) is 0 Å².